The Morgan fingerprint density at radius 2 is 2.24 bits per heavy atom. The molecule has 3 aliphatic heterocycles. The Labute approximate surface area is 122 Å². The van der Waals surface area contributed by atoms with Crippen LogP contribution < -0.4 is 0 Å². The maximum Gasteiger partial charge on any atom is 0.330 e. The summed E-state index contributed by atoms with van der Waals surface area (Å²) in [6.45, 7) is 1.12. The molecule has 5 nitrogen and oxygen atoms in total. The highest BCUT2D eigenvalue weighted by Crippen LogP contribution is 2.51. The predicted octanol–water partition coefficient (Wildman–Crippen LogP) is 0.972. The third kappa shape index (κ3) is 1.61. The highest BCUT2D eigenvalue weighted by Gasteiger charge is 2.56. The van der Waals surface area contributed by atoms with Gasteiger partial charge in [-0.15, -0.1) is 0 Å². The standard InChI is InChI=1S/C16H17NO4/c1-20-12-3-2-11-6-14(18)17-5-4-10-9-21-15(19)7-13(10)16(11,17)8-12/h2-3,6-7,10,12H,4-5,8-9H2,1H3. The van der Waals surface area contributed by atoms with Crippen molar-refractivity contribution in [3.63, 3.8) is 0 Å². The summed E-state index contributed by atoms with van der Waals surface area (Å²) in [4.78, 5) is 26.0. The summed E-state index contributed by atoms with van der Waals surface area (Å²) in [6.07, 6.45) is 8.72. The SMILES string of the molecule is COC1C=CC2=CC(=O)N3CCC4COC(=O)C=C4C23C1. The molecule has 1 aliphatic carbocycles. The number of nitrogens with zero attached hydrogens (tertiary/aromatic N) is 1. The van der Waals surface area contributed by atoms with E-state index in [9.17, 15) is 9.59 Å². The largest absolute Gasteiger partial charge is 0.462 e. The van der Waals surface area contributed by atoms with Crippen molar-refractivity contribution in [3.8, 4) is 0 Å². The van der Waals surface area contributed by atoms with E-state index in [1.165, 1.54) is 0 Å². The molecule has 110 valence electrons. The lowest BCUT2D eigenvalue weighted by Crippen LogP contribution is -2.58. The number of rotatable bonds is 1. The van der Waals surface area contributed by atoms with Gasteiger partial charge >= 0.3 is 5.97 Å². The highest BCUT2D eigenvalue weighted by molar-refractivity contribution is 5.96. The minimum absolute atomic E-state index is 0.0321. The van der Waals surface area contributed by atoms with E-state index in [2.05, 4.69) is 0 Å². The van der Waals surface area contributed by atoms with E-state index in [4.69, 9.17) is 9.47 Å². The lowest BCUT2D eigenvalue weighted by atomic mass is 9.67. The first-order chi connectivity index (χ1) is 10.1. The van der Waals surface area contributed by atoms with Gasteiger partial charge in [-0.2, -0.15) is 0 Å². The van der Waals surface area contributed by atoms with Crippen molar-refractivity contribution < 1.29 is 19.1 Å². The molecule has 3 atom stereocenters. The summed E-state index contributed by atoms with van der Waals surface area (Å²) >= 11 is 0. The molecule has 3 unspecified atom stereocenters. The van der Waals surface area contributed by atoms with Crippen LogP contribution in [0.2, 0.25) is 0 Å². The van der Waals surface area contributed by atoms with Crippen LogP contribution >= 0.6 is 0 Å². The fourth-order valence-corrected chi connectivity index (χ4v) is 4.10. The normalized spacial score (nSPS) is 37.3. The molecule has 1 fully saturated rings. The Balaban J connectivity index is 1.88. The molecule has 1 saturated heterocycles. The molecular formula is C16H17NO4. The van der Waals surface area contributed by atoms with Gasteiger partial charge in [0.25, 0.3) is 0 Å². The maximum absolute atomic E-state index is 12.4. The van der Waals surface area contributed by atoms with Crippen LogP contribution in [0.5, 0.6) is 0 Å². The van der Waals surface area contributed by atoms with Gasteiger partial charge in [0.05, 0.1) is 18.2 Å². The number of amides is 1. The average Bonchev–Trinajstić information content (AvgIpc) is 2.79. The first-order valence-electron chi connectivity index (χ1n) is 7.29. The number of ether oxygens (including phenoxy) is 2. The second-order valence-corrected chi connectivity index (χ2v) is 6.00. The number of methoxy groups -OCH3 is 1. The van der Waals surface area contributed by atoms with E-state index in [0.29, 0.717) is 19.6 Å². The summed E-state index contributed by atoms with van der Waals surface area (Å²) in [7, 11) is 1.67. The zero-order chi connectivity index (χ0) is 14.6. The number of carbonyl (C=O) groups is 2. The summed E-state index contributed by atoms with van der Waals surface area (Å²) < 4.78 is 10.7. The molecule has 0 saturated carbocycles. The molecular weight excluding hydrogens is 270 g/mol. The molecule has 0 aromatic rings. The smallest absolute Gasteiger partial charge is 0.330 e. The van der Waals surface area contributed by atoms with E-state index in [0.717, 1.165) is 17.6 Å². The Kier molecular flexibility index (Phi) is 2.63. The van der Waals surface area contributed by atoms with Gasteiger partial charge in [-0.1, -0.05) is 12.2 Å². The van der Waals surface area contributed by atoms with Crippen molar-refractivity contribution in [2.45, 2.75) is 24.5 Å². The molecule has 3 heterocycles. The fourth-order valence-electron chi connectivity index (χ4n) is 4.10. The van der Waals surface area contributed by atoms with Crippen LogP contribution in [0.4, 0.5) is 0 Å². The van der Waals surface area contributed by atoms with Gasteiger partial charge in [0.15, 0.2) is 0 Å². The van der Waals surface area contributed by atoms with E-state index >= 15 is 0 Å². The van der Waals surface area contributed by atoms with Crippen molar-refractivity contribution >= 4 is 11.9 Å². The molecule has 4 aliphatic rings. The molecule has 0 aromatic carbocycles. The number of hydrogen-bond acceptors (Lipinski definition) is 4. The Hall–Kier alpha value is -1.88. The van der Waals surface area contributed by atoms with Crippen LogP contribution in [-0.4, -0.2) is 48.7 Å². The number of carbonyl (C=O) groups excluding carboxylic acids is 2. The van der Waals surface area contributed by atoms with Crippen molar-refractivity contribution in [3.05, 3.63) is 35.5 Å². The second-order valence-electron chi connectivity index (χ2n) is 6.00. The number of esters is 1. The summed E-state index contributed by atoms with van der Waals surface area (Å²) in [5.41, 5.74) is 1.49. The van der Waals surface area contributed by atoms with Gasteiger partial charge in [0.1, 0.15) is 0 Å². The fraction of sp³-hybridized carbons (Fsp3) is 0.500. The first kappa shape index (κ1) is 12.8. The van der Waals surface area contributed by atoms with Gasteiger partial charge in [-0.3, -0.25) is 4.79 Å². The molecule has 5 heteroatoms. The van der Waals surface area contributed by atoms with Gasteiger partial charge in [0, 0.05) is 38.1 Å². The van der Waals surface area contributed by atoms with Crippen LogP contribution in [0, 0.1) is 5.92 Å². The summed E-state index contributed by atoms with van der Waals surface area (Å²) in [6, 6.07) is 0. The zero-order valence-electron chi connectivity index (χ0n) is 11.9. The number of hydrogen-bond donors (Lipinski definition) is 0. The van der Waals surface area contributed by atoms with Gasteiger partial charge in [0.2, 0.25) is 5.91 Å². The third-order valence-corrected chi connectivity index (χ3v) is 5.09. The molecule has 4 rings (SSSR count). The summed E-state index contributed by atoms with van der Waals surface area (Å²) in [5, 5.41) is 0. The van der Waals surface area contributed by atoms with E-state index in [1.54, 1.807) is 19.3 Å². The number of piperidine rings is 1. The lowest BCUT2D eigenvalue weighted by Gasteiger charge is -2.51. The quantitative estimate of drug-likeness (QED) is 0.674. The van der Waals surface area contributed by atoms with Crippen molar-refractivity contribution in [2.24, 2.45) is 5.92 Å². The molecule has 0 aromatic heterocycles. The van der Waals surface area contributed by atoms with Crippen LogP contribution in [0.15, 0.2) is 35.5 Å². The lowest BCUT2D eigenvalue weighted by molar-refractivity contribution is -0.143. The van der Waals surface area contributed by atoms with Gasteiger partial charge in [-0.25, -0.2) is 4.79 Å². The molecule has 1 amide bonds. The predicted molar refractivity (Wildman–Crippen MR) is 74.2 cm³/mol. The molecule has 0 bridgehead atoms. The second kappa shape index (κ2) is 4.31. The molecule has 0 radical (unpaired) electrons. The number of cyclic esters (lactones) is 1. The van der Waals surface area contributed by atoms with E-state index in [-0.39, 0.29) is 23.9 Å². The topological polar surface area (TPSA) is 55.8 Å². The number of fused-ring (bicyclic) bond motifs is 1. The Bertz CT molecular complexity index is 618. The first-order valence-corrected chi connectivity index (χ1v) is 7.29. The minimum Gasteiger partial charge on any atom is -0.462 e. The van der Waals surface area contributed by atoms with E-state index in [1.807, 2.05) is 17.1 Å². The van der Waals surface area contributed by atoms with Crippen molar-refractivity contribution in [1.29, 1.82) is 0 Å². The minimum atomic E-state index is -0.505. The van der Waals surface area contributed by atoms with Gasteiger partial charge < -0.3 is 14.4 Å². The van der Waals surface area contributed by atoms with Crippen molar-refractivity contribution in [2.75, 3.05) is 20.3 Å². The van der Waals surface area contributed by atoms with Crippen LogP contribution in [0.1, 0.15) is 12.8 Å². The maximum atomic E-state index is 12.4. The van der Waals surface area contributed by atoms with Crippen LogP contribution in [0.25, 0.3) is 0 Å². The monoisotopic (exact) mass is 287 g/mol. The zero-order valence-corrected chi connectivity index (χ0v) is 11.9. The molecule has 21 heavy (non-hydrogen) atoms. The highest BCUT2D eigenvalue weighted by atomic mass is 16.5. The third-order valence-electron chi connectivity index (χ3n) is 5.09. The molecule has 0 N–H and O–H groups in total. The van der Waals surface area contributed by atoms with Gasteiger partial charge in [-0.05, 0) is 17.6 Å². The van der Waals surface area contributed by atoms with E-state index < -0.39 is 5.54 Å². The summed E-state index contributed by atoms with van der Waals surface area (Å²) in [5.74, 6) is -0.0679. The average molecular weight is 287 g/mol. The van der Waals surface area contributed by atoms with Crippen molar-refractivity contribution in [1.82, 2.24) is 4.90 Å². The van der Waals surface area contributed by atoms with Crippen LogP contribution in [-0.2, 0) is 19.1 Å². The Morgan fingerprint density at radius 1 is 1.38 bits per heavy atom. The van der Waals surface area contributed by atoms with Crippen LogP contribution in [0.3, 0.4) is 0 Å². The molecule has 1 spiro atoms. The Morgan fingerprint density at radius 3 is 3.05 bits per heavy atom.